The molecule has 3 atom stereocenters. The monoisotopic (exact) mass is 276 g/mol. The Morgan fingerprint density at radius 1 is 1.20 bits per heavy atom. The quantitative estimate of drug-likeness (QED) is 0.508. The van der Waals surface area contributed by atoms with Gasteiger partial charge in [-0.3, -0.25) is 5.32 Å². The molecule has 0 fully saturated rings. The van der Waals surface area contributed by atoms with Crippen molar-refractivity contribution in [2.75, 3.05) is 0 Å². The van der Waals surface area contributed by atoms with E-state index in [0.717, 1.165) is 11.8 Å². The van der Waals surface area contributed by atoms with E-state index in [-0.39, 0.29) is 6.42 Å². The maximum atomic E-state index is 11.5. The van der Waals surface area contributed by atoms with Gasteiger partial charge in [-0.25, -0.2) is 0 Å². The summed E-state index contributed by atoms with van der Waals surface area (Å²) in [5.41, 5.74) is 5.72. The smallest absolute Gasteiger partial charge is 0.151 e. The third-order valence-electron chi connectivity index (χ3n) is 3.68. The molecule has 0 aromatic heterocycles. The van der Waals surface area contributed by atoms with Crippen molar-refractivity contribution in [3.05, 3.63) is 35.9 Å². The van der Waals surface area contributed by atoms with Crippen LogP contribution in [0.2, 0.25) is 0 Å². The van der Waals surface area contributed by atoms with E-state index < -0.39 is 17.6 Å². The zero-order chi connectivity index (χ0) is 15.0. The summed E-state index contributed by atoms with van der Waals surface area (Å²) in [7, 11) is 0. The molecule has 3 N–H and O–H groups in total. The van der Waals surface area contributed by atoms with Crippen molar-refractivity contribution in [1.82, 2.24) is 5.32 Å². The second-order valence-corrected chi connectivity index (χ2v) is 4.69. The SMILES string of the molecule is CCC(CC=O)(c1ccccc1)C(C=O)NC(N)C=O. The molecule has 0 aliphatic heterocycles. The topological polar surface area (TPSA) is 89.3 Å². The number of nitrogens with two attached hydrogens (primary N) is 1. The zero-order valence-corrected chi connectivity index (χ0v) is 11.5. The molecule has 0 aliphatic rings. The Morgan fingerprint density at radius 3 is 2.30 bits per heavy atom. The van der Waals surface area contributed by atoms with Crippen molar-refractivity contribution in [3.63, 3.8) is 0 Å². The highest BCUT2D eigenvalue weighted by Crippen LogP contribution is 2.34. The summed E-state index contributed by atoms with van der Waals surface area (Å²) in [6.45, 7) is 1.90. The van der Waals surface area contributed by atoms with Crippen LogP contribution in [0.25, 0.3) is 0 Å². The van der Waals surface area contributed by atoms with E-state index in [1.807, 2.05) is 37.3 Å². The van der Waals surface area contributed by atoms with Crippen LogP contribution in [-0.2, 0) is 19.8 Å². The fraction of sp³-hybridized carbons (Fsp3) is 0.400. The molecular formula is C15H20N2O3. The first kappa shape index (κ1) is 16.2. The molecule has 1 rings (SSSR count). The molecule has 1 aromatic rings. The predicted octanol–water partition coefficient (Wildman–Crippen LogP) is 0.564. The van der Waals surface area contributed by atoms with Crippen molar-refractivity contribution < 1.29 is 14.4 Å². The fourth-order valence-electron chi connectivity index (χ4n) is 2.49. The Balaban J connectivity index is 3.24. The van der Waals surface area contributed by atoms with E-state index in [1.165, 1.54) is 0 Å². The lowest BCUT2D eigenvalue weighted by molar-refractivity contribution is -0.114. The lowest BCUT2D eigenvalue weighted by Crippen LogP contribution is -2.56. The average molecular weight is 276 g/mol. The van der Waals surface area contributed by atoms with Crippen LogP contribution in [0.5, 0.6) is 0 Å². The maximum Gasteiger partial charge on any atom is 0.151 e. The first-order valence-corrected chi connectivity index (χ1v) is 6.56. The summed E-state index contributed by atoms with van der Waals surface area (Å²) in [6, 6.07) is 8.61. The van der Waals surface area contributed by atoms with Gasteiger partial charge in [0.05, 0.1) is 6.04 Å². The predicted molar refractivity (Wildman–Crippen MR) is 76.1 cm³/mol. The lowest BCUT2D eigenvalue weighted by Gasteiger charge is -2.38. The van der Waals surface area contributed by atoms with Gasteiger partial charge in [-0.05, 0) is 12.0 Å². The van der Waals surface area contributed by atoms with E-state index >= 15 is 0 Å². The van der Waals surface area contributed by atoms with Gasteiger partial charge < -0.3 is 20.1 Å². The molecule has 0 heterocycles. The van der Waals surface area contributed by atoms with Crippen molar-refractivity contribution >= 4 is 18.9 Å². The number of nitrogens with one attached hydrogen (secondary N) is 1. The van der Waals surface area contributed by atoms with Gasteiger partial charge in [0, 0.05) is 11.8 Å². The van der Waals surface area contributed by atoms with Gasteiger partial charge in [-0.1, -0.05) is 37.3 Å². The molecular weight excluding hydrogens is 256 g/mol. The molecule has 1 aromatic carbocycles. The van der Waals surface area contributed by atoms with Crippen LogP contribution in [0.4, 0.5) is 0 Å². The number of carbonyl (C=O) groups excluding carboxylic acids is 3. The number of aldehydes is 3. The number of carbonyl (C=O) groups is 3. The molecule has 0 aliphatic carbocycles. The maximum absolute atomic E-state index is 11.5. The minimum atomic E-state index is -0.938. The standard InChI is InChI=1S/C15H20N2O3/c1-2-15(8-9-18,12-6-4-3-5-7-12)13(10-19)17-14(16)11-20/h3-7,9-11,13-14,17H,2,8,16H2,1H3. The van der Waals surface area contributed by atoms with Crippen LogP contribution in [0.3, 0.4) is 0 Å². The third-order valence-corrected chi connectivity index (χ3v) is 3.68. The number of rotatable bonds is 9. The van der Waals surface area contributed by atoms with Crippen molar-refractivity contribution in [2.24, 2.45) is 5.73 Å². The molecule has 0 spiro atoms. The Kier molecular flexibility index (Phi) is 6.21. The number of benzene rings is 1. The molecule has 20 heavy (non-hydrogen) atoms. The molecule has 0 amide bonds. The first-order valence-electron chi connectivity index (χ1n) is 6.56. The normalized spacial score (nSPS) is 16.7. The van der Waals surface area contributed by atoms with Gasteiger partial charge in [0.25, 0.3) is 0 Å². The van der Waals surface area contributed by atoms with Gasteiger partial charge in [0.1, 0.15) is 18.7 Å². The lowest BCUT2D eigenvalue weighted by atomic mass is 9.70. The minimum absolute atomic E-state index is 0.176. The third kappa shape index (κ3) is 3.37. The minimum Gasteiger partial charge on any atom is -0.310 e. The van der Waals surface area contributed by atoms with Gasteiger partial charge in [0.2, 0.25) is 0 Å². The first-order chi connectivity index (χ1) is 9.64. The van der Waals surface area contributed by atoms with Crippen LogP contribution in [0.15, 0.2) is 30.3 Å². The highest BCUT2D eigenvalue weighted by atomic mass is 16.1. The van der Waals surface area contributed by atoms with Crippen LogP contribution < -0.4 is 11.1 Å². The summed E-state index contributed by atoms with van der Waals surface area (Å²) in [6.07, 6.45) is 1.84. The molecule has 3 unspecified atom stereocenters. The summed E-state index contributed by atoms with van der Waals surface area (Å²) in [4.78, 5) is 33.2. The van der Waals surface area contributed by atoms with E-state index in [1.54, 1.807) is 0 Å². The van der Waals surface area contributed by atoms with Gasteiger partial charge in [-0.2, -0.15) is 0 Å². The van der Waals surface area contributed by atoms with Gasteiger partial charge in [0.15, 0.2) is 6.29 Å². The Morgan fingerprint density at radius 2 is 1.85 bits per heavy atom. The number of hydrogen-bond donors (Lipinski definition) is 2. The Hall–Kier alpha value is -1.85. The van der Waals surface area contributed by atoms with Crippen LogP contribution in [-0.4, -0.2) is 31.1 Å². The van der Waals surface area contributed by atoms with E-state index in [4.69, 9.17) is 5.73 Å². The molecule has 108 valence electrons. The van der Waals surface area contributed by atoms with E-state index in [0.29, 0.717) is 19.0 Å². The highest BCUT2D eigenvalue weighted by molar-refractivity contribution is 5.67. The molecule has 0 bridgehead atoms. The van der Waals surface area contributed by atoms with E-state index in [9.17, 15) is 14.4 Å². The molecule has 0 saturated carbocycles. The van der Waals surface area contributed by atoms with Crippen molar-refractivity contribution in [1.29, 1.82) is 0 Å². The largest absolute Gasteiger partial charge is 0.310 e. The fourth-order valence-corrected chi connectivity index (χ4v) is 2.49. The number of hydrogen-bond acceptors (Lipinski definition) is 5. The zero-order valence-electron chi connectivity index (χ0n) is 11.5. The summed E-state index contributed by atoms with van der Waals surface area (Å²) < 4.78 is 0. The van der Waals surface area contributed by atoms with Gasteiger partial charge in [-0.15, -0.1) is 0 Å². The molecule has 5 nitrogen and oxygen atoms in total. The van der Waals surface area contributed by atoms with Crippen LogP contribution in [0.1, 0.15) is 25.3 Å². The van der Waals surface area contributed by atoms with E-state index in [2.05, 4.69) is 5.32 Å². The molecule has 0 saturated heterocycles. The summed E-state index contributed by atoms with van der Waals surface area (Å²) >= 11 is 0. The Labute approximate surface area is 118 Å². The van der Waals surface area contributed by atoms with Crippen LogP contribution >= 0.6 is 0 Å². The summed E-state index contributed by atoms with van der Waals surface area (Å²) in [5, 5.41) is 2.77. The van der Waals surface area contributed by atoms with Gasteiger partial charge >= 0.3 is 0 Å². The van der Waals surface area contributed by atoms with Crippen molar-refractivity contribution in [3.8, 4) is 0 Å². The van der Waals surface area contributed by atoms with Crippen molar-refractivity contribution in [2.45, 2.75) is 37.4 Å². The second-order valence-electron chi connectivity index (χ2n) is 4.69. The highest BCUT2D eigenvalue weighted by Gasteiger charge is 2.39. The average Bonchev–Trinajstić information content (AvgIpc) is 2.51. The second kappa shape index (κ2) is 7.67. The molecule has 5 heteroatoms. The summed E-state index contributed by atoms with van der Waals surface area (Å²) in [5.74, 6) is 0. The Bertz CT molecular complexity index is 450. The van der Waals surface area contributed by atoms with Crippen LogP contribution in [0, 0.1) is 0 Å². The molecule has 0 radical (unpaired) electrons.